The van der Waals surface area contributed by atoms with Gasteiger partial charge in [0.25, 0.3) is 5.91 Å². The monoisotopic (exact) mass is 324 g/mol. The summed E-state index contributed by atoms with van der Waals surface area (Å²) in [7, 11) is 0. The number of carbonyl (C=O) groups is 1. The molecule has 3 N–H and O–H groups in total. The lowest BCUT2D eigenvalue weighted by molar-refractivity contribution is 0.0901. The van der Waals surface area contributed by atoms with Crippen molar-refractivity contribution < 1.29 is 4.79 Å². The number of halogens is 1. The Balaban J connectivity index is 2.21. The Labute approximate surface area is 136 Å². The number of hydrogen-bond acceptors (Lipinski definition) is 2. The molecule has 1 aromatic carbocycles. The van der Waals surface area contributed by atoms with Crippen LogP contribution in [0.25, 0.3) is 0 Å². The number of amides is 1. The fourth-order valence-electron chi connectivity index (χ4n) is 2.78. The van der Waals surface area contributed by atoms with Gasteiger partial charge < -0.3 is 11.1 Å². The summed E-state index contributed by atoms with van der Waals surface area (Å²) in [5, 5.41) is 3.49. The van der Waals surface area contributed by atoms with Gasteiger partial charge in [-0.3, -0.25) is 4.79 Å². The average molecular weight is 325 g/mol. The highest BCUT2D eigenvalue weighted by Gasteiger charge is 2.38. The zero-order valence-corrected chi connectivity index (χ0v) is 14.0. The molecule has 114 valence electrons. The van der Waals surface area contributed by atoms with E-state index in [-0.39, 0.29) is 5.91 Å². The second-order valence-electron chi connectivity index (χ2n) is 6.07. The first-order valence-electron chi connectivity index (χ1n) is 7.22. The van der Waals surface area contributed by atoms with Gasteiger partial charge in [-0.1, -0.05) is 36.8 Å². The molecule has 0 atom stereocenters. The highest BCUT2D eigenvalue weighted by atomic mass is 35.5. The number of nitrogens with one attached hydrogen (secondary N) is 1. The van der Waals surface area contributed by atoms with E-state index < -0.39 is 5.54 Å². The number of nitrogens with two attached hydrogens (primary N) is 1. The third-order valence-corrected chi connectivity index (χ3v) is 5.02. The number of benzene rings is 1. The minimum absolute atomic E-state index is 0.206. The maximum Gasteiger partial charge on any atom is 0.253 e. The summed E-state index contributed by atoms with van der Waals surface area (Å²) in [5.41, 5.74) is 6.83. The van der Waals surface area contributed by atoms with Crippen LogP contribution in [0, 0.1) is 12.8 Å². The van der Waals surface area contributed by atoms with Crippen LogP contribution >= 0.6 is 23.8 Å². The van der Waals surface area contributed by atoms with Crippen LogP contribution in [0.15, 0.2) is 18.2 Å². The van der Waals surface area contributed by atoms with Gasteiger partial charge in [0, 0.05) is 0 Å². The van der Waals surface area contributed by atoms with E-state index in [1.54, 1.807) is 12.1 Å². The summed E-state index contributed by atoms with van der Waals surface area (Å²) in [4.78, 5) is 12.9. The van der Waals surface area contributed by atoms with Gasteiger partial charge in [0.15, 0.2) is 0 Å². The molecule has 0 saturated heterocycles. The van der Waals surface area contributed by atoms with E-state index in [9.17, 15) is 4.79 Å². The van der Waals surface area contributed by atoms with Crippen LogP contribution in [0.2, 0.25) is 5.02 Å². The van der Waals surface area contributed by atoms with E-state index >= 15 is 0 Å². The van der Waals surface area contributed by atoms with Crippen molar-refractivity contribution >= 4 is 34.7 Å². The third-order valence-electron chi connectivity index (χ3n) is 4.32. The van der Waals surface area contributed by atoms with Gasteiger partial charge in [0.2, 0.25) is 0 Å². The second-order valence-corrected chi connectivity index (χ2v) is 6.91. The topological polar surface area (TPSA) is 55.1 Å². The maximum atomic E-state index is 12.5. The smallest absolute Gasteiger partial charge is 0.253 e. The molecule has 1 aliphatic carbocycles. The van der Waals surface area contributed by atoms with Crippen molar-refractivity contribution in [1.29, 1.82) is 0 Å². The Bertz CT molecular complexity index is 565. The molecule has 1 amide bonds. The molecular weight excluding hydrogens is 304 g/mol. The molecule has 0 spiro atoms. The molecule has 21 heavy (non-hydrogen) atoms. The SMILES string of the molecule is Cc1ccc(C(=O)NC2(C(N)=S)CCC(C)CC2)c(Cl)c1. The summed E-state index contributed by atoms with van der Waals surface area (Å²) in [6.07, 6.45) is 3.61. The van der Waals surface area contributed by atoms with Crippen LogP contribution in [0.5, 0.6) is 0 Å². The number of thiocarbonyl (C=S) groups is 1. The Morgan fingerprint density at radius 2 is 2.05 bits per heavy atom. The van der Waals surface area contributed by atoms with Crippen molar-refractivity contribution in [1.82, 2.24) is 5.32 Å². The fraction of sp³-hybridized carbons (Fsp3) is 0.500. The lowest BCUT2D eigenvalue weighted by Crippen LogP contribution is -2.58. The Morgan fingerprint density at radius 3 is 2.57 bits per heavy atom. The van der Waals surface area contributed by atoms with E-state index in [0.29, 0.717) is 21.5 Å². The van der Waals surface area contributed by atoms with E-state index in [4.69, 9.17) is 29.6 Å². The highest BCUT2D eigenvalue weighted by molar-refractivity contribution is 7.80. The summed E-state index contributed by atoms with van der Waals surface area (Å²) in [6, 6.07) is 5.40. The average Bonchev–Trinajstić information content (AvgIpc) is 2.41. The molecule has 0 aliphatic heterocycles. The Morgan fingerprint density at radius 1 is 1.43 bits per heavy atom. The van der Waals surface area contributed by atoms with E-state index in [2.05, 4.69) is 12.2 Å². The molecule has 0 unspecified atom stereocenters. The number of aryl methyl sites for hydroxylation is 1. The van der Waals surface area contributed by atoms with Gasteiger partial charge in [-0.2, -0.15) is 0 Å². The van der Waals surface area contributed by atoms with Gasteiger partial charge in [0.1, 0.15) is 0 Å². The van der Waals surface area contributed by atoms with Crippen molar-refractivity contribution in [3.8, 4) is 0 Å². The van der Waals surface area contributed by atoms with E-state index in [1.165, 1.54) is 0 Å². The Kier molecular flexibility index (Phi) is 4.89. The van der Waals surface area contributed by atoms with Gasteiger partial charge in [-0.25, -0.2) is 0 Å². The molecule has 0 heterocycles. The molecule has 3 nitrogen and oxygen atoms in total. The lowest BCUT2D eigenvalue weighted by Gasteiger charge is -2.39. The first-order valence-corrected chi connectivity index (χ1v) is 8.01. The minimum atomic E-state index is -0.576. The number of carbonyl (C=O) groups excluding carboxylic acids is 1. The molecule has 2 rings (SSSR count). The van der Waals surface area contributed by atoms with Crippen LogP contribution in [0.3, 0.4) is 0 Å². The zero-order chi connectivity index (χ0) is 15.6. The molecule has 1 aliphatic rings. The first-order chi connectivity index (χ1) is 9.84. The number of rotatable bonds is 3. The molecule has 1 saturated carbocycles. The largest absolute Gasteiger partial charge is 0.391 e. The van der Waals surface area contributed by atoms with Crippen LogP contribution < -0.4 is 11.1 Å². The van der Waals surface area contributed by atoms with E-state index in [1.807, 2.05) is 13.0 Å². The highest BCUT2D eigenvalue weighted by Crippen LogP contribution is 2.33. The summed E-state index contributed by atoms with van der Waals surface area (Å²) in [6.45, 7) is 4.15. The molecular formula is C16H21ClN2OS. The summed E-state index contributed by atoms with van der Waals surface area (Å²) < 4.78 is 0. The molecule has 0 radical (unpaired) electrons. The van der Waals surface area contributed by atoms with Gasteiger partial charge in [-0.15, -0.1) is 0 Å². The molecule has 0 bridgehead atoms. The summed E-state index contributed by atoms with van der Waals surface area (Å²) >= 11 is 11.4. The first kappa shape index (κ1) is 16.2. The molecule has 1 fully saturated rings. The van der Waals surface area contributed by atoms with Crippen LogP contribution in [0.1, 0.15) is 48.5 Å². The minimum Gasteiger partial charge on any atom is -0.391 e. The molecule has 0 aromatic heterocycles. The van der Waals surface area contributed by atoms with Crippen LogP contribution in [-0.4, -0.2) is 16.4 Å². The van der Waals surface area contributed by atoms with Crippen molar-refractivity contribution in [2.75, 3.05) is 0 Å². The van der Waals surface area contributed by atoms with Gasteiger partial charge >= 0.3 is 0 Å². The lowest BCUT2D eigenvalue weighted by atomic mass is 9.77. The molecule has 1 aromatic rings. The van der Waals surface area contributed by atoms with Gasteiger partial charge in [0.05, 0.1) is 21.1 Å². The predicted octanol–water partition coefficient (Wildman–Crippen LogP) is 3.61. The van der Waals surface area contributed by atoms with E-state index in [0.717, 1.165) is 31.2 Å². The van der Waals surface area contributed by atoms with Crippen molar-refractivity contribution in [3.63, 3.8) is 0 Å². The second kappa shape index (κ2) is 6.32. The van der Waals surface area contributed by atoms with Crippen LogP contribution in [0.4, 0.5) is 0 Å². The molecule has 5 heteroatoms. The summed E-state index contributed by atoms with van der Waals surface area (Å²) in [5.74, 6) is 0.440. The normalized spacial score (nSPS) is 25.4. The Hall–Kier alpha value is -1.13. The zero-order valence-electron chi connectivity index (χ0n) is 12.4. The quantitative estimate of drug-likeness (QED) is 0.835. The predicted molar refractivity (Wildman–Crippen MR) is 90.8 cm³/mol. The number of hydrogen-bond donors (Lipinski definition) is 2. The van der Waals surface area contributed by atoms with Crippen molar-refractivity contribution in [3.05, 3.63) is 34.3 Å². The fourth-order valence-corrected chi connectivity index (χ4v) is 3.35. The third kappa shape index (κ3) is 3.55. The standard InChI is InChI=1S/C16H21ClN2OS/c1-10-5-7-16(8-6-10,15(18)21)19-14(20)12-4-3-11(2)9-13(12)17/h3-4,9-10H,5-8H2,1-2H3,(H2,18,21)(H,19,20). The van der Waals surface area contributed by atoms with Crippen LogP contribution in [-0.2, 0) is 0 Å². The van der Waals surface area contributed by atoms with Crippen molar-refractivity contribution in [2.45, 2.75) is 45.1 Å². The van der Waals surface area contributed by atoms with Crippen molar-refractivity contribution in [2.24, 2.45) is 11.7 Å². The van der Waals surface area contributed by atoms with Gasteiger partial charge in [-0.05, 0) is 56.2 Å². The maximum absolute atomic E-state index is 12.5.